The summed E-state index contributed by atoms with van der Waals surface area (Å²) in [7, 11) is -3.53. The van der Waals surface area contributed by atoms with Crippen LogP contribution in [0, 0.1) is 11.8 Å². The van der Waals surface area contributed by atoms with Crippen LogP contribution in [0.15, 0.2) is 30.3 Å². The predicted octanol–water partition coefficient (Wildman–Crippen LogP) is 2.15. The van der Waals surface area contributed by atoms with Gasteiger partial charge in [-0.3, -0.25) is 9.10 Å². The number of anilines is 1. The number of benzene rings is 1. The van der Waals surface area contributed by atoms with E-state index < -0.39 is 16.1 Å². The summed E-state index contributed by atoms with van der Waals surface area (Å²) in [5.41, 5.74) is 0.519. The van der Waals surface area contributed by atoms with Crippen LogP contribution in [-0.4, -0.2) is 32.7 Å². The smallest absolute Gasteiger partial charge is 0.243 e. The number of carbonyl (C=O) groups excluding carboxylic acids is 1. The van der Waals surface area contributed by atoms with Gasteiger partial charge in [0.1, 0.15) is 6.04 Å². The molecule has 126 valence electrons. The highest BCUT2D eigenvalue weighted by Gasteiger charge is 2.41. The molecule has 3 rings (SSSR count). The Labute approximate surface area is 138 Å². The monoisotopic (exact) mass is 336 g/mol. The number of carbonyl (C=O) groups is 1. The van der Waals surface area contributed by atoms with Crippen molar-refractivity contribution in [1.82, 2.24) is 5.32 Å². The molecule has 1 unspecified atom stereocenters. The van der Waals surface area contributed by atoms with Crippen LogP contribution in [0.1, 0.15) is 32.6 Å². The van der Waals surface area contributed by atoms with Gasteiger partial charge in [0.2, 0.25) is 15.9 Å². The van der Waals surface area contributed by atoms with Crippen molar-refractivity contribution in [2.24, 2.45) is 11.8 Å². The number of hydrogen-bond donors (Lipinski definition) is 1. The molecule has 2 bridgehead atoms. The number of fused-ring (bicyclic) bond motifs is 2. The molecule has 0 spiro atoms. The standard InChI is InChI=1S/C17H24N2O3S/c1-12(17(20)18-16-11-13-8-9-14(16)10-13)19(23(2,21)22)15-6-4-3-5-7-15/h3-7,12-14,16H,8-11H2,1-2H3,(H,18,20)/t12?,13-,14+,16+/m1/s1. The molecule has 5 nitrogen and oxygen atoms in total. The molecule has 0 aliphatic heterocycles. The molecule has 0 heterocycles. The second-order valence-corrected chi connectivity index (χ2v) is 8.72. The second kappa shape index (κ2) is 6.15. The highest BCUT2D eigenvalue weighted by Crippen LogP contribution is 2.44. The van der Waals surface area contributed by atoms with E-state index in [1.165, 1.54) is 23.6 Å². The Bertz CT molecular complexity index is 674. The van der Waals surface area contributed by atoms with Crippen LogP contribution in [0.25, 0.3) is 0 Å². The Balaban J connectivity index is 1.75. The van der Waals surface area contributed by atoms with Gasteiger partial charge >= 0.3 is 0 Å². The molecule has 2 aliphatic rings. The second-order valence-electron chi connectivity index (χ2n) is 6.86. The molecule has 0 aromatic heterocycles. The molecular formula is C17H24N2O3S. The van der Waals surface area contributed by atoms with Gasteiger partial charge < -0.3 is 5.32 Å². The zero-order valence-corrected chi connectivity index (χ0v) is 14.4. The summed E-state index contributed by atoms with van der Waals surface area (Å²) in [6.07, 6.45) is 5.83. The minimum atomic E-state index is -3.53. The van der Waals surface area contributed by atoms with Crippen molar-refractivity contribution in [1.29, 1.82) is 0 Å². The van der Waals surface area contributed by atoms with E-state index in [-0.39, 0.29) is 11.9 Å². The van der Waals surface area contributed by atoms with Gasteiger partial charge in [-0.2, -0.15) is 0 Å². The summed E-state index contributed by atoms with van der Waals surface area (Å²) >= 11 is 0. The van der Waals surface area contributed by atoms with E-state index in [0.717, 1.165) is 18.6 Å². The van der Waals surface area contributed by atoms with Crippen LogP contribution >= 0.6 is 0 Å². The van der Waals surface area contributed by atoms with Crippen molar-refractivity contribution >= 4 is 21.6 Å². The first kappa shape index (κ1) is 16.3. The van der Waals surface area contributed by atoms with Crippen molar-refractivity contribution < 1.29 is 13.2 Å². The van der Waals surface area contributed by atoms with Crippen LogP contribution in [-0.2, 0) is 14.8 Å². The number of nitrogens with one attached hydrogen (secondary N) is 1. The van der Waals surface area contributed by atoms with E-state index in [2.05, 4.69) is 5.32 Å². The summed E-state index contributed by atoms with van der Waals surface area (Å²) in [4.78, 5) is 12.6. The number of hydrogen-bond acceptors (Lipinski definition) is 3. The average Bonchev–Trinajstić information content (AvgIpc) is 3.09. The minimum Gasteiger partial charge on any atom is -0.351 e. The van der Waals surface area contributed by atoms with Crippen molar-refractivity contribution in [3.8, 4) is 0 Å². The average molecular weight is 336 g/mol. The van der Waals surface area contributed by atoms with Crippen LogP contribution in [0.3, 0.4) is 0 Å². The van der Waals surface area contributed by atoms with Gasteiger partial charge in [0, 0.05) is 6.04 Å². The molecule has 1 aromatic carbocycles. The molecular weight excluding hydrogens is 312 g/mol. The van der Waals surface area contributed by atoms with E-state index in [9.17, 15) is 13.2 Å². The lowest BCUT2D eigenvalue weighted by atomic mass is 9.95. The third kappa shape index (κ3) is 3.37. The van der Waals surface area contributed by atoms with Gasteiger partial charge in [-0.05, 0) is 50.2 Å². The van der Waals surface area contributed by atoms with Crippen LogP contribution < -0.4 is 9.62 Å². The molecule has 0 saturated heterocycles. The number of rotatable bonds is 5. The Kier molecular flexibility index (Phi) is 4.36. The van der Waals surface area contributed by atoms with Crippen molar-refractivity contribution in [2.75, 3.05) is 10.6 Å². The molecule has 4 atom stereocenters. The highest BCUT2D eigenvalue weighted by atomic mass is 32.2. The summed E-state index contributed by atoms with van der Waals surface area (Å²) in [6.45, 7) is 1.65. The van der Waals surface area contributed by atoms with Gasteiger partial charge in [-0.25, -0.2) is 8.42 Å². The van der Waals surface area contributed by atoms with Gasteiger partial charge in [-0.1, -0.05) is 24.6 Å². The molecule has 0 radical (unpaired) electrons. The Hall–Kier alpha value is -1.56. The largest absolute Gasteiger partial charge is 0.351 e. The van der Waals surface area contributed by atoms with Gasteiger partial charge in [-0.15, -0.1) is 0 Å². The lowest BCUT2D eigenvalue weighted by Crippen LogP contribution is -2.51. The molecule has 1 aromatic rings. The Morgan fingerprint density at radius 2 is 1.91 bits per heavy atom. The maximum absolute atomic E-state index is 12.6. The molecule has 2 aliphatic carbocycles. The lowest BCUT2D eigenvalue weighted by molar-refractivity contribution is -0.122. The fourth-order valence-corrected chi connectivity index (χ4v) is 5.28. The minimum absolute atomic E-state index is 0.209. The SMILES string of the molecule is CC(C(=O)N[C@H]1C[C@@H]2CC[C@H]1C2)N(c1ccccc1)S(C)(=O)=O. The fourth-order valence-electron chi connectivity index (χ4n) is 4.11. The number of sulfonamides is 1. The number of nitrogens with zero attached hydrogens (tertiary/aromatic N) is 1. The van der Waals surface area contributed by atoms with Crippen LogP contribution in [0.5, 0.6) is 0 Å². The lowest BCUT2D eigenvalue weighted by Gasteiger charge is -2.30. The van der Waals surface area contributed by atoms with Crippen molar-refractivity contribution in [3.63, 3.8) is 0 Å². The van der Waals surface area contributed by atoms with E-state index in [4.69, 9.17) is 0 Å². The molecule has 2 saturated carbocycles. The summed E-state index contributed by atoms with van der Waals surface area (Å²) < 4.78 is 25.6. The normalized spacial score (nSPS) is 27.7. The van der Waals surface area contributed by atoms with Gasteiger partial charge in [0.05, 0.1) is 11.9 Å². The topological polar surface area (TPSA) is 66.5 Å². The summed E-state index contributed by atoms with van der Waals surface area (Å²) in [5.74, 6) is 1.09. The van der Waals surface area contributed by atoms with Crippen molar-refractivity contribution in [2.45, 2.75) is 44.7 Å². The van der Waals surface area contributed by atoms with E-state index in [0.29, 0.717) is 11.6 Å². The molecule has 6 heteroatoms. The van der Waals surface area contributed by atoms with Gasteiger partial charge in [0.15, 0.2) is 0 Å². The molecule has 2 fully saturated rings. The molecule has 1 N–H and O–H groups in total. The maximum atomic E-state index is 12.6. The first-order valence-electron chi connectivity index (χ1n) is 8.21. The first-order chi connectivity index (χ1) is 10.9. The third-order valence-corrected chi connectivity index (χ3v) is 6.41. The van der Waals surface area contributed by atoms with Crippen LogP contribution in [0.2, 0.25) is 0 Å². The van der Waals surface area contributed by atoms with Crippen LogP contribution in [0.4, 0.5) is 5.69 Å². The van der Waals surface area contributed by atoms with E-state index >= 15 is 0 Å². The van der Waals surface area contributed by atoms with Crippen molar-refractivity contribution in [3.05, 3.63) is 30.3 Å². The zero-order chi connectivity index (χ0) is 16.6. The Morgan fingerprint density at radius 3 is 2.43 bits per heavy atom. The molecule has 23 heavy (non-hydrogen) atoms. The summed E-state index contributed by atoms with van der Waals surface area (Å²) in [6, 6.07) is 8.24. The number of para-hydroxylation sites is 1. The predicted molar refractivity (Wildman–Crippen MR) is 90.6 cm³/mol. The maximum Gasteiger partial charge on any atom is 0.243 e. The summed E-state index contributed by atoms with van der Waals surface area (Å²) in [5, 5.41) is 3.09. The quantitative estimate of drug-likeness (QED) is 0.896. The Morgan fingerprint density at radius 1 is 1.22 bits per heavy atom. The highest BCUT2D eigenvalue weighted by molar-refractivity contribution is 7.92. The molecule has 1 amide bonds. The fraction of sp³-hybridized carbons (Fsp3) is 0.588. The first-order valence-corrected chi connectivity index (χ1v) is 10.1. The number of amides is 1. The third-order valence-electron chi connectivity index (χ3n) is 5.16. The van der Waals surface area contributed by atoms with Gasteiger partial charge in [0.25, 0.3) is 0 Å². The van der Waals surface area contributed by atoms with E-state index in [1.807, 2.05) is 6.07 Å². The zero-order valence-electron chi connectivity index (χ0n) is 13.6. The van der Waals surface area contributed by atoms with E-state index in [1.54, 1.807) is 31.2 Å².